The fraction of sp³-hybridized carbons (Fsp3) is 0.917. The molecule has 100 valence electrons. The summed E-state index contributed by atoms with van der Waals surface area (Å²) in [6.07, 6.45) is 1.73. The predicted octanol–water partition coefficient (Wildman–Crippen LogP) is 0.581. The highest BCUT2D eigenvalue weighted by Crippen LogP contribution is 2.17. The van der Waals surface area contributed by atoms with Crippen molar-refractivity contribution in [1.82, 2.24) is 5.32 Å². The summed E-state index contributed by atoms with van der Waals surface area (Å²) in [5, 5.41) is 3.31. The number of rotatable bonds is 7. The summed E-state index contributed by atoms with van der Waals surface area (Å²) in [5.41, 5.74) is 0. The molecule has 5 heteroatoms. The molecule has 0 aromatic rings. The van der Waals surface area contributed by atoms with Gasteiger partial charge < -0.3 is 19.5 Å². The van der Waals surface area contributed by atoms with Gasteiger partial charge in [-0.05, 0) is 26.3 Å². The Kier molecular flexibility index (Phi) is 7.16. The molecule has 0 aliphatic carbocycles. The number of carbonyl (C=O) groups is 1. The Labute approximate surface area is 103 Å². The van der Waals surface area contributed by atoms with E-state index in [0.717, 1.165) is 19.4 Å². The van der Waals surface area contributed by atoms with Gasteiger partial charge in [-0.25, -0.2) is 0 Å². The molecule has 1 heterocycles. The molecule has 0 spiro atoms. The Morgan fingerprint density at radius 2 is 2.06 bits per heavy atom. The van der Waals surface area contributed by atoms with E-state index in [2.05, 4.69) is 12.2 Å². The maximum absolute atomic E-state index is 11.7. The lowest BCUT2D eigenvalue weighted by atomic mass is 9.93. The van der Waals surface area contributed by atoms with Crippen LogP contribution < -0.4 is 5.32 Å². The number of piperidine rings is 1. The molecule has 1 aliphatic heterocycles. The largest absolute Gasteiger partial charge is 0.463 e. The van der Waals surface area contributed by atoms with Crippen molar-refractivity contribution in [1.29, 1.82) is 0 Å². The lowest BCUT2D eigenvalue weighted by molar-refractivity contribution is -0.151. The molecular weight excluding hydrogens is 222 g/mol. The minimum atomic E-state index is -0.0892. The third-order valence-corrected chi connectivity index (χ3v) is 2.86. The molecule has 1 N–H and O–H groups in total. The van der Waals surface area contributed by atoms with Gasteiger partial charge >= 0.3 is 5.97 Å². The molecule has 0 aromatic heterocycles. The van der Waals surface area contributed by atoms with Crippen LogP contribution in [0.15, 0.2) is 0 Å². The van der Waals surface area contributed by atoms with Crippen molar-refractivity contribution in [2.45, 2.75) is 25.8 Å². The summed E-state index contributed by atoms with van der Waals surface area (Å²) in [5.74, 6) is -0.0427. The smallest absolute Gasteiger partial charge is 0.309 e. The van der Waals surface area contributed by atoms with E-state index in [9.17, 15) is 4.79 Å². The Morgan fingerprint density at radius 1 is 1.29 bits per heavy atom. The number of hydrogen-bond acceptors (Lipinski definition) is 5. The van der Waals surface area contributed by atoms with Gasteiger partial charge in [-0.1, -0.05) is 0 Å². The molecule has 5 nitrogen and oxygen atoms in total. The van der Waals surface area contributed by atoms with Crippen LogP contribution in [0.5, 0.6) is 0 Å². The van der Waals surface area contributed by atoms with Crippen molar-refractivity contribution in [3.8, 4) is 0 Å². The molecular formula is C12H23NO4. The first-order chi connectivity index (χ1) is 8.24. The van der Waals surface area contributed by atoms with E-state index in [1.807, 2.05) is 0 Å². The van der Waals surface area contributed by atoms with Gasteiger partial charge in [-0.3, -0.25) is 4.79 Å². The van der Waals surface area contributed by atoms with E-state index < -0.39 is 0 Å². The fourth-order valence-electron chi connectivity index (χ4n) is 1.91. The van der Waals surface area contributed by atoms with Crippen molar-refractivity contribution in [2.75, 3.05) is 40.1 Å². The highest BCUT2D eigenvalue weighted by Gasteiger charge is 2.25. The van der Waals surface area contributed by atoms with Gasteiger partial charge in [0.25, 0.3) is 0 Å². The number of nitrogens with one attached hydrogen (secondary N) is 1. The first-order valence-corrected chi connectivity index (χ1v) is 6.20. The number of ether oxygens (including phenoxy) is 3. The third kappa shape index (κ3) is 6.00. The van der Waals surface area contributed by atoms with E-state index in [4.69, 9.17) is 14.2 Å². The van der Waals surface area contributed by atoms with Gasteiger partial charge in [0.1, 0.15) is 6.61 Å². The molecule has 2 atom stereocenters. The lowest BCUT2D eigenvalue weighted by Crippen LogP contribution is -2.39. The minimum Gasteiger partial charge on any atom is -0.463 e. The molecule has 0 saturated carbocycles. The first kappa shape index (κ1) is 14.4. The van der Waals surface area contributed by atoms with Gasteiger partial charge in [0, 0.05) is 13.2 Å². The van der Waals surface area contributed by atoms with Gasteiger partial charge in [0.05, 0.1) is 25.7 Å². The van der Waals surface area contributed by atoms with Crippen LogP contribution in [-0.4, -0.2) is 52.1 Å². The standard InChI is InChI=1S/C12H23NO4/c1-10-9-11(3-4-13-10)12(14)17-8-7-16-6-5-15-2/h10-11,13H,3-9H2,1-2H3. The number of esters is 1. The SMILES string of the molecule is COCCOCCOC(=O)C1CCNC(C)C1. The molecule has 2 unspecified atom stereocenters. The lowest BCUT2D eigenvalue weighted by Gasteiger charge is -2.26. The maximum Gasteiger partial charge on any atom is 0.309 e. The van der Waals surface area contributed by atoms with Gasteiger partial charge in [0.2, 0.25) is 0 Å². The zero-order valence-corrected chi connectivity index (χ0v) is 10.7. The molecule has 0 radical (unpaired) electrons. The van der Waals surface area contributed by atoms with Crippen molar-refractivity contribution in [2.24, 2.45) is 5.92 Å². The quantitative estimate of drug-likeness (QED) is 0.525. The second kappa shape index (κ2) is 8.44. The second-order valence-electron chi connectivity index (χ2n) is 4.35. The second-order valence-corrected chi connectivity index (χ2v) is 4.35. The molecule has 1 fully saturated rings. The summed E-state index contributed by atoms with van der Waals surface area (Å²) in [4.78, 5) is 11.7. The van der Waals surface area contributed by atoms with E-state index in [1.54, 1.807) is 7.11 Å². The van der Waals surface area contributed by atoms with Crippen molar-refractivity contribution in [3.63, 3.8) is 0 Å². The van der Waals surface area contributed by atoms with Crippen LogP contribution in [-0.2, 0) is 19.0 Å². The zero-order chi connectivity index (χ0) is 12.5. The first-order valence-electron chi connectivity index (χ1n) is 6.20. The Morgan fingerprint density at radius 3 is 2.76 bits per heavy atom. The van der Waals surface area contributed by atoms with Crippen LogP contribution >= 0.6 is 0 Å². The van der Waals surface area contributed by atoms with E-state index in [0.29, 0.717) is 32.5 Å². The molecule has 1 aliphatic rings. The number of methoxy groups -OCH3 is 1. The molecule has 0 aromatic carbocycles. The average Bonchev–Trinajstić information content (AvgIpc) is 2.33. The third-order valence-electron chi connectivity index (χ3n) is 2.86. The minimum absolute atomic E-state index is 0.0465. The van der Waals surface area contributed by atoms with Gasteiger partial charge in [0.15, 0.2) is 0 Å². The van der Waals surface area contributed by atoms with Crippen LogP contribution in [0, 0.1) is 5.92 Å². The fourth-order valence-corrected chi connectivity index (χ4v) is 1.91. The number of hydrogen-bond donors (Lipinski definition) is 1. The Hall–Kier alpha value is -0.650. The van der Waals surface area contributed by atoms with Crippen molar-refractivity contribution < 1.29 is 19.0 Å². The van der Waals surface area contributed by atoms with E-state index in [1.165, 1.54) is 0 Å². The van der Waals surface area contributed by atoms with Gasteiger partial charge in [-0.2, -0.15) is 0 Å². The summed E-state index contributed by atoms with van der Waals surface area (Å²) in [7, 11) is 1.63. The average molecular weight is 245 g/mol. The van der Waals surface area contributed by atoms with E-state index in [-0.39, 0.29) is 11.9 Å². The molecule has 17 heavy (non-hydrogen) atoms. The maximum atomic E-state index is 11.7. The molecule has 0 bridgehead atoms. The van der Waals surface area contributed by atoms with Crippen LogP contribution in [0.1, 0.15) is 19.8 Å². The summed E-state index contributed by atoms with van der Waals surface area (Å²) in [6, 6.07) is 0.402. The summed E-state index contributed by atoms with van der Waals surface area (Å²) >= 11 is 0. The Balaban J connectivity index is 2.04. The van der Waals surface area contributed by atoms with Gasteiger partial charge in [-0.15, -0.1) is 0 Å². The molecule has 1 rings (SSSR count). The normalized spacial score (nSPS) is 24.6. The summed E-state index contributed by atoms with van der Waals surface area (Å²) in [6.45, 7) is 4.87. The zero-order valence-electron chi connectivity index (χ0n) is 10.7. The van der Waals surface area contributed by atoms with Crippen LogP contribution in [0.2, 0.25) is 0 Å². The Bertz CT molecular complexity index is 223. The number of carbonyl (C=O) groups excluding carboxylic acids is 1. The van der Waals surface area contributed by atoms with Crippen molar-refractivity contribution in [3.05, 3.63) is 0 Å². The van der Waals surface area contributed by atoms with Crippen LogP contribution in [0.3, 0.4) is 0 Å². The highest BCUT2D eigenvalue weighted by atomic mass is 16.6. The topological polar surface area (TPSA) is 56.8 Å². The van der Waals surface area contributed by atoms with Crippen LogP contribution in [0.4, 0.5) is 0 Å². The molecule has 1 saturated heterocycles. The van der Waals surface area contributed by atoms with Crippen molar-refractivity contribution >= 4 is 5.97 Å². The molecule has 0 amide bonds. The summed E-state index contributed by atoms with van der Waals surface area (Å²) < 4.78 is 15.2. The predicted molar refractivity (Wildman–Crippen MR) is 63.8 cm³/mol. The van der Waals surface area contributed by atoms with Crippen LogP contribution in [0.25, 0.3) is 0 Å². The van der Waals surface area contributed by atoms with E-state index >= 15 is 0 Å². The highest BCUT2D eigenvalue weighted by molar-refractivity contribution is 5.72. The monoisotopic (exact) mass is 245 g/mol.